The highest BCUT2D eigenvalue weighted by Crippen LogP contribution is 2.27. The third kappa shape index (κ3) is 4.66. The lowest BCUT2D eigenvalue weighted by atomic mass is 9.96. The predicted octanol–water partition coefficient (Wildman–Crippen LogP) is 5.28. The highest BCUT2D eigenvalue weighted by molar-refractivity contribution is 5.99. The van der Waals surface area contributed by atoms with E-state index in [4.69, 9.17) is 5.73 Å². The zero-order valence-corrected chi connectivity index (χ0v) is 17.9. The van der Waals surface area contributed by atoms with Crippen molar-refractivity contribution in [2.45, 2.75) is 27.3 Å². The van der Waals surface area contributed by atoms with Crippen LogP contribution in [-0.4, -0.2) is 16.3 Å². The zero-order valence-electron chi connectivity index (χ0n) is 17.9. The second-order valence-corrected chi connectivity index (χ2v) is 7.26. The van der Waals surface area contributed by atoms with Crippen LogP contribution < -0.4 is 5.73 Å². The molecule has 30 heavy (non-hydrogen) atoms. The van der Waals surface area contributed by atoms with Gasteiger partial charge < -0.3 is 10.3 Å². The number of nitrogens with zero attached hydrogens (tertiary/aromatic N) is 1. The summed E-state index contributed by atoms with van der Waals surface area (Å²) >= 11 is 0. The average Bonchev–Trinajstić information content (AvgIpc) is 2.93. The summed E-state index contributed by atoms with van der Waals surface area (Å²) in [6, 6.07) is 5.47. The predicted molar refractivity (Wildman–Crippen MR) is 125 cm³/mol. The van der Waals surface area contributed by atoms with Crippen LogP contribution in [0.5, 0.6) is 0 Å². The number of aryl methyl sites for hydroxylation is 1. The number of rotatable bonds is 9. The summed E-state index contributed by atoms with van der Waals surface area (Å²) in [6.07, 6.45) is 6.88. The molecule has 0 aliphatic heterocycles. The largest absolute Gasteiger partial charge is 0.366 e. The molecule has 0 saturated carbocycles. The molecule has 0 saturated heterocycles. The molecule has 0 radical (unpaired) electrons. The summed E-state index contributed by atoms with van der Waals surface area (Å²) in [6.45, 7) is 21.9. The average molecular weight is 401 g/mol. The molecular formula is C26H28N2O2. The summed E-state index contributed by atoms with van der Waals surface area (Å²) in [7, 11) is 0. The van der Waals surface area contributed by atoms with Crippen LogP contribution in [0.2, 0.25) is 0 Å². The summed E-state index contributed by atoms with van der Waals surface area (Å²) in [5.41, 5.74) is 11.7. The van der Waals surface area contributed by atoms with Gasteiger partial charge in [-0.3, -0.25) is 9.59 Å². The van der Waals surface area contributed by atoms with Crippen LogP contribution in [0.1, 0.15) is 28.5 Å². The highest BCUT2D eigenvalue weighted by atomic mass is 16.1. The molecule has 2 aromatic rings. The molecule has 1 heterocycles. The van der Waals surface area contributed by atoms with Crippen molar-refractivity contribution in [3.8, 4) is 0 Å². The van der Waals surface area contributed by atoms with E-state index in [0.717, 1.165) is 27.7 Å². The van der Waals surface area contributed by atoms with Crippen molar-refractivity contribution in [1.82, 2.24) is 4.57 Å². The van der Waals surface area contributed by atoms with Crippen LogP contribution >= 0.6 is 0 Å². The van der Waals surface area contributed by atoms with E-state index in [1.807, 2.05) is 38.1 Å². The molecule has 0 bridgehead atoms. The smallest absolute Gasteiger partial charge is 0.248 e. The van der Waals surface area contributed by atoms with E-state index < -0.39 is 5.91 Å². The fraction of sp³-hybridized carbons (Fsp3) is 0.154. The minimum Gasteiger partial charge on any atom is -0.366 e. The number of hydrogen-bond donors (Lipinski definition) is 1. The molecule has 0 spiro atoms. The van der Waals surface area contributed by atoms with Crippen molar-refractivity contribution >= 4 is 22.6 Å². The number of nitrogens with two attached hydrogens (primary N) is 1. The zero-order chi connectivity index (χ0) is 22.6. The number of ketones is 1. The molecule has 4 nitrogen and oxygen atoms in total. The Bertz CT molecular complexity index is 1150. The highest BCUT2D eigenvalue weighted by Gasteiger charge is 2.13. The molecule has 0 fully saturated rings. The van der Waals surface area contributed by atoms with Crippen LogP contribution in [0.25, 0.3) is 10.9 Å². The van der Waals surface area contributed by atoms with Crippen molar-refractivity contribution in [2.75, 3.05) is 0 Å². The van der Waals surface area contributed by atoms with E-state index in [2.05, 4.69) is 30.9 Å². The van der Waals surface area contributed by atoms with Gasteiger partial charge in [0.2, 0.25) is 5.91 Å². The standard InChI is InChI=1S/C26H28N2O2/c1-8-9-23(21(7)29)18(4)17(3)11-10-16(2)15-28-20(6)19(5)24-14-22(26(27)30)12-13-25(24)28/h8-14H,1-4,15H2,5-7H3,(H2,27,30)/b11-10-,23-9+. The molecule has 4 heteroatoms. The molecule has 1 aromatic carbocycles. The Morgan fingerprint density at radius 1 is 1.13 bits per heavy atom. The van der Waals surface area contributed by atoms with Crippen molar-refractivity contribution in [3.05, 3.63) is 108 Å². The SMILES string of the molecule is C=C/C=C(\C(=C)C(=C)/C=C\C(=C)Cn1c(C)c(C)c2cc(C(N)=O)ccc21)C(C)=O. The number of carbonyl (C=O) groups excluding carboxylic acids is 2. The topological polar surface area (TPSA) is 65.1 Å². The Labute approximate surface area is 178 Å². The molecule has 154 valence electrons. The van der Waals surface area contributed by atoms with Gasteiger partial charge in [-0.05, 0) is 61.3 Å². The van der Waals surface area contributed by atoms with Crippen molar-refractivity contribution < 1.29 is 9.59 Å². The molecule has 1 amide bonds. The fourth-order valence-electron chi connectivity index (χ4n) is 3.30. The lowest BCUT2D eigenvalue weighted by Crippen LogP contribution is -2.10. The third-order valence-corrected chi connectivity index (χ3v) is 5.18. The minimum atomic E-state index is -0.441. The van der Waals surface area contributed by atoms with Crippen LogP contribution in [-0.2, 0) is 11.3 Å². The monoisotopic (exact) mass is 400 g/mol. The fourth-order valence-corrected chi connectivity index (χ4v) is 3.30. The van der Waals surface area contributed by atoms with Crippen LogP contribution in [0.4, 0.5) is 0 Å². The summed E-state index contributed by atoms with van der Waals surface area (Å²) in [4.78, 5) is 23.3. The quantitative estimate of drug-likeness (QED) is 0.459. The molecular weight excluding hydrogens is 372 g/mol. The number of aromatic nitrogens is 1. The molecule has 0 aliphatic rings. The Balaban J connectivity index is 2.26. The van der Waals surface area contributed by atoms with E-state index >= 15 is 0 Å². The van der Waals surface area contributed by atoms with Crippen LogP contribution in [0, 0.1) is 13.8 Å². The summed E-state index contributed by atoms with van der Waals surface area (Å²) in [5.74, 6) is -0.531. The first-order valence-electron chi connectivity index (χ1n) is 9.55. The maximum atomic E-state index is 11.8. The first-order valence-corrected chi connectivity index (χ1v) is 9.55. The number of benzene rings is 1. The van der Waals surface area contributed by atoms with E-state index in [0.29, 0.717) is 28.8 Å². The number of Topliss-reactive ketones (excluding diaryl/α,β-unsaturated/α-hetero) is 1. The van der Waals surface area contributed by atoms with Gasteiger partial charge >= 0.3 is 0 Å². The summed E-state index contributed by atoms with van der Waals surface area (Å²) in [5, 5.41) is 0.999. The molecule has 0 unspecified atom stereocenters. The van der Waals surface area contributed by atoms with Gasteiger partial charge in [-0.25, -0.2) is 0 Å². The second-order valence-electron chi connectivity index (χ2n) is 7.26. The molecule has 0 atom stereocenters. The van der Waals surface area contributed by atoms with Gasteiger partial charge in [0.25, 0.3) is 0 Å². The summed E-state index contributed by atoms with van der Waals surface area (Å²) < 4.78 is 2.15. The lowest BCUT2D eigenvalue weighted by Gasteiger charge is -2.10. The van der Waals surface area contributed by atoms with E-state index in [-0.39, 0.29) is 5.78 Å². The third-order valence-electron chi connectivity index (χ3n) is 5.18. The number of hydrogen-bond acceptors (Lipinski definition) is 2. The second kappa shape index (κ2) is 9.23. The van der Waals surface area contributed by atoms with E-state index in [1.165, 1.54) is 6.92 Å². The van der Waals surface area contributed by atoms with Gasteiger partial charge in [-0.2, -0.15) is 0 Å². The number of amides is 1. The molecule has 0 aliphatic carbocycles. The maximum Gasteiger partial charge on any atom is 0.248 e. The van der Waals surface area contributed by atoms with Crippen LogP contribution in [0.15, 0.2) is 91.1 Å². The van der Waals surface area contributed by atoms with Crippen molar-refractivity contribution in [1.29, 1.82) is 0 Å². The minimum absolute atomic E-state index is 0.0893. The number of primary amides is 1. The maximum absolute atomic E-state index is 11.8. The normalized spacial score (nSPS) is 11.6. The van der Waals surface area contributed by atoms with Gasteiger partial charge in [0.05, 0.1) is 0 Å². The van der Waals surface area contributed by atoms with E-state index in [1.54, 1.807) is 18.2 Å². The first-order chi connectivity index (χ1) is 14.1. The Kier molecular flexibility index (Phi) is 6.96. The van der Waals surface area contributed by atoms with Crippen molar-refractivity contribution in [3.63, 3.8) is 0 Å². The number of allylic oxidation sites excluding steroid dienone is 8. The Hall–Kier alpha value is -3.66. The molecule has 2 rings (SSSR count). The number of carbonyl (C=O) groups is 2. The van der Waals surface area contributed by atoms with Gasteiger partial charge in [0.15, 0.2) is 5.78 Å². The van der Waals surface area contributed by atoms with Crippen LogP contribution in [0.3, 0.4) is 0 Å². The van der Waals surface area contributed by atoms with Gasteiger partial charge in [-0.15, -0.1) is 0 Å². The number of fused-ring (bicyclic) bond motifs is 1. The van der Waals surface area contributed by atoms with Gasteiger partial charge in [0.1, 0.15) is 0 Å². The molecule has 2 N–H and O–H groups in total. The Morgan fingerprint density at radius 2 is 1.80 bits per heavy atom. The van der Waals surface area contributed by atoms with E-state index in [9.17, 15) is 9.59 Å². The Morgan fingerprint density at radius 3 is 2.37 bits per heavy atom. The van der Waals surface area contributed by atoms with Crippen molar-refractivity contribution in [2.24, 2.45) is 5.73 Å². The lowest BCUT2D eigenvalue weighted by molar-refractivity contribution is -0.113. The molecule has 1 aromatic heterocycles. The van der Waals surface area contributed by atoms with Gasteiger partial charge in [-0.1, -0.05) is 50.6 Å². The van der Waals surface area contributed by atoms with Gasteiger partial charge in [0, 0.05) is 34.3 Å². The first kappa shape index (κ1) is 22.6.